The van der Waals surface area contributed by atoms with Crippen molar-refractivity contribution in [2.45, 2.75) is 39.2 Å². The maximum absolute atomic E-state index is 6.11. The maximum Gasteiger partial charge on any atom is 0.194 e. The Kier molecular flexibility index (Phi) is 7.58. The van der Waals surface area contributed by atoms with E-state index in [9.17, 15) is 0 Å². The largest absolute Gasteiger partial charge is 0.486 e. The third-order valence-electron chi connectivity index (χ3n) is 5.00. The summed E-state index contributed by atoms with van der Waals surface area (Å²) in [6.07, 6.45) is 2.37. The highest BCUT2D eigenvalue weighted by Crippen LogP contribution is 2.38. The number of nitrogens with zero attached hydrogens (tertiary/aromatic N) is 2. The van der Waals surface area contributed by atoms with Crippen LogP contribution in [-0.2, 0) is 4.74 Å². The van der Waals surface area contributed by atoms with Crippen LogP contribution in [0.4, 0.5) is 0 Å². The first-order valence-corrected chi connectivity index (χ1v) is 9.37. The Morgan fingerprint density at radius 2 is 2.08 bits per heavy atom. The average Bonchev–Trinajstić information content (AvgIpc) is 3.22. The van der Waals surface area contributed by atoms with Gasteiger partial charge < -0.3 is 19.7 Å². The average molecular weight is 473 g/mol. The van der Waals surface area contributed by atoms with E-state index in [-0.39, 0.29) is 29.6 Å². The number of guanidine groups is 1. The lowest BCUT2D eigenvalue weighted by molar-refractivity contribution is 0.119. The third-order valence-corrected chi connectivity index (χ3v) is 5.00. The molecule has 1 aromatic carbocycles. The second kappa shape index (κ2) is 9.26. The van der Waals surface area contributed by atoms with Gasteiger partial charge >= 0.3 is 0 Å². The van der Waals surface area contributed by atoms with Crippen molar-refractivity contribution in [3.05, 3.63) is 30.3 Å². The molecule has 0 saturated carbocycles. The van der Waals surface area contributed by atoms with Gasteiger partial charge in [-0.05, 0) is 45.7 Å². The number of rotatable bonds is 5. The van der Waals surface area contributed by atoms with E-state index in [0.717, 1.165) is 44.6 Å². The first kappa shape index (κ1) is 21.3. The van der Waals surface area contributed by atoms with Crippen LogP contribution in [0.1, 0.15) is 33.6 Å². The molecule has 5 nitrogen and oxygen atoms in total. The molecule has 0 aliphatic carbocycles. The Hall–Kier alpha value is -1.02. The smallest absolute Gasteiger partial charge is 0.194 e. The molecule has 1 N–H and O–H groups in total. The number of benzene rings is 1. The molecule has 1 aromatic rings. The fraction of sp³-hybridized carbons (Fsp3) is 0.650. The highest BCUT2D eigenvalue weighted by Gasteiger charge is 2.42. The van der Waals surface area contributed by atoms with Crippen molar-refractivity contribution >= 4 is 29.9 Å². The molecule has 0 aromatic heterocycles. The minimum absolute atomic E-state index is 0. The lowest BCUT2D eigenvalue weighted by Crippen LogP contribution is -2.43. The number of hydrogen-bond donors (Lipinski definition) is 1. The SMILES string of the molecule is CCNC(=NCC(C)(C)Oc1ccccc1)N1CCC2(CCOC2)C1.I. The van der Waals surface area contributed by atoms with E-state index in [1.165, 1.54) is 12.8 Å². The van der Waals surface area contributed by atoms with Crippen molar-refractivity contribution in [2.24, 2.45) is 10.4 Å². The van der Waals surface area contributed by atoms with Crippen LogP contribution in [0.5, 0.6) is 5.75 Å². The van der Waals surface area contributed by atoms with Gasteiger partial charge in [0.05, 0.1) is 13.2 Å². The van der Waals surface area contributed by atoms with Crippen LogP contribution in [-0.4, -0.2) is 55.9 Å². The van der Waals surface area contributed by atoms with Gasteiger partial charge in [0.15, 0.2) is 5.96 Å². The van der Waals surface area contributed by atoms with Crippen LogP contribution >= 0.6 is 24.0 Å². The van der Waals surface area contributed by atoms with Crippen LogP contribution in [0, 0.1) is 5.41 Å². The second-order valence-corrected chi connectivity index (χ2v) is 7.82. The number of halogens is 1. The molecule has 2 aliphatic heterocycles. The molecule has 6 heteroatoms. The summed E-state index contributed by atoms with van der Waals surface area (Å²) < 4.78 is 11.8. The molecule has 1 spiro atoms. The van der Waals surface area contributed by atoms with Crippen LogP contribution in [0.2, 0.25) is 0 Å². The molecular weight excluding hydrogens is 441 g/mol. The summed E-state index contributed by atoms with van der Waals surface area (Å²) >= 11 is 0. The van der Waals surface area contributed by atoms with Crippen molar-refractivity contribution in [3.8, 4) is 5.75 Å². The van der Waals surface area contributed by atoms with Crippen LogP contribution in [0.3, 0.4) is 0 Å². The molecule has 0 bridgehead atoms. The molecular formula is C20H32IN3O2. The van der Waals surface area contributed by atoms with E-state index in [1.807, 2.05) is 30.3 Å². The summed E-state index contributed by atoms with van der Waals surface area (Å²) in [7, 11) is 0. The van der Waals surface area contributed by atoms with Crippen LogP contribution < -0.4 is 10.1 Å². The molecule has 2 fully saturated rings. The quantitative estimate of drug-likeness (QED) is 0.404. The zero-order valence-electron chi connectivity index (χ0n) is 16.2. The van der Waals surface area contributed by atoms with Gasteiger partial charge in [-0.3, -0.25) is 0 Å². The second-order valence-electron chi connectivity index (χ2n) is 7.82. The van der Waals surface area contributed by atoms with Gasteiger partial charge in [-0.2, -0.15) is 0 Å². The van der Waals surface area contributed by atoms with Crippen molar-refractivity contribution in [3.63, 3.8) is 0 Å². The minimum Gasteiger partial charge on any atom is -0.486 e. The van der Waals surface area contributed by atoms with Gasteiger partial charge in [0.2, 0.25) is 0 Å². The van der Waals surface area contributed by atoms with Gasteiger partial charge in [0.25, 0.3) is 0 Å². The third kappa shape index (κ3) is 5.49. The normalized spacial score (nSPS) is 23.2. The molecule has 2 saturated heterocycles. The van der Waals surface area contributed by atoms with Crippen LogP contribution in [0.15, 0.2) is 35.3 Å². The molecule has 1 atom stereocenters. The van der Waals surface area contributed by atoms with E-state index in [0.29, 0.717) is 12.0 Å². The standard InChI is InChI=1S/C20H31N3O2.HI/c1-4-21-18(23-12-10-20(15-23)11-13-24-16-20)22-14-19(2,3)25-17-8-6-5-7-9-17;/h5-9H,4,10-16H2,1-3H3,(H,21,22);1H. The summed E-state index contributed by atoms with van der Waals surface area (Å²) in [6.45, 7) is 11.7. The highest BCUT2D eigenvalue weighted by atomic mass is 127. The number of hydrogen-bond acceptors (Lipinski definition) is 3. The minimum atomic E-state index is -0.351. The van der Waals surface area contributed by atoms with E-state index in [2.05, 4.69) is 31.0 Å². The number of likely N-dealkylation sites (tertiary alicyclic amines) is 1. The lowest BCUT2D eigenvalue weighted by atomic mass is 9.87. The van der Waals surface area contributed by atoms with E-state index < -0.39 is 0 Å². The number of para-hydroxylation sites is 1. The molecule has 3 rings (SSSR count). The van der Waals surface area contributed by atoms with Crippen molar-refractivity contribution in [1.82, 2.24) is 10.2 Å². The predicted molar refractivity (Wildman–Crippen MR) is 117 cm³/mol. The summed E-state index contributed by atoms with van der Waals surface area (Å²) in [5.41, 5.74) is -0.0118. The van der Waals surface area contributed by atoms with E-state index in [1.54, 1.807) is 0 Å². The lowest BCUT2D eigenvalue weighted by Gasteiger charge is -2.28. The molecule has 0 radical (unpaired) electrons. The number of nitrogens with one attached hydrogen (secondary N) is 1. The Balaban J connectivity index is 0.00000243. The van der Waals surface area contributed by atoms with Crippen molar-refractivity contribution < 1.29 is 9.47 Å². The molecule has 0 amide bonds. The molecule has 146 valence electrons. The molecule has 26 heavy (non-hydrogen) atoms. The Morgan fingerprint density at radius 1 is 1.31 bits per heavy atom. The Morgan fingerprint density at radius 3 is 2.73 bits per heavy atom. The van der Waals surface area contributed by atoms with Crippen molar-refractivity contribution in [2.75, 3.05) is 39.4 Å². The van der Waals surface area contributed by atoms with Gasteiger partial charge in [-0.1, -0.05) is 18.2 Å². The first-order chi connectivity index (χ1) is 12.0. The predicted octanol–water partition coefficient (Wildman–Crippen LogP) is 3.54. The summed E-state index contributed by atoms with van der Waals surface area (Å²) in [4.78, 5) is 7.27. The van der Waals surface area contributed by atoms with Gasteiger partial charge in [-0.25, -0.2) is 4.99 Å². The summed E-state index contributed by atoms with van der Waals surface area (Å²) in [5, 5.41) is 3.45. The van der Waals surface area contributed by atoms with Gasteiger partial charge in [0, 0.05) is 31.7 Å². The Labute approximate surface area is 174 Å². The zero-order chi connectivity index (χ0) is 17.8. The monoisotopic (exact) mass is 473 g/mol. The first-order valence-electron chi connectivity index (χ1n) is 9.37. The van der Waals surface area contributed by atoms with E-state index in [4.69, 9.17) is 14.5 Å². The highest BCUT2D eigenvalue weighted by molar-refractivity contribution is 14.0. The zero-order valence-corrected chi connectivity index (χ0v) is 18.5. The fourth-order valence-corrected chi connectivity index (χ4v) is 3.62. The maximum atomic E-state index is 6.11. The number of aliphatic imine (C=N–C) groups is 1. The van der Waals surface area contributed by atoms with E-state index >= 15 is 0 Å². The molecule has 1 unspecified atom stereocenters. The Bertz CT molecular complexity index is 586. The fourth-order valence-electron chi connectivity index (χ4n) is 3.62. The number of ether oxygens (including phenoxy) is 2. The van der Waals surface area contributed by atoms with Crippen LogP contribution in [0.25, 0.3) is 0 Å². The van der Waals surface area contributed by atoms with Gasteiger partial charge in [-0.15, -0.1) is 24.0 Å². The summed E-state index contributed by atoms with van der Waals surface area (Å²) in [6, 6.07) is 9.96. The van der Waals surface area contributed by atoms with Gasteiger partial charge in [0.1, 0.15) is 11.4 Å². The molecule has 2 aliphatic rings. The molecule has 2 heterocycles. The summed E-state index contributed by atoms with van der Waals surface area (Å²) in [5.74, 6) is 1.88. The van der Waals surface area contributed by atoms with Crippen molar-refractivity contribution in [1.29, 1.82) is 0 Å². The topological polar surface area (TPSA) is 46.1 Å².